The third kappa shape index (κ3) is 3.04. The molecule has 3 unspecified atom stereocenters. The van der Waals surface area contributed by atoms with Crippen molar-refractivity contribution in [2.75, 3.05) is 27.7 Å². The highest BCUT2D eigenvalue weighted by Gasteiger charge is 2.36. The van der Waals surface area contributed by atoms with Crippen LogP contribution in [0.15, 0.2) is 21.6 Å². The number of allylic oxidation sites excluding steroid dienone is 1. The van der Waals surface area contributed by atoms with E-state index in [1.54, 1.807) is 33.6 Å². The van der Waals surface area contributed by atoms with Gasteiger partial charge >= 0.3 is 0 Å². The zero-order chi connectivity index (χ0) is 13.5. The lowest BCUT2D eigenvalue weighted by Gasteiger charge is -2.24. The standard InChI is InChI=1S/C13H21N3O2/c1-14-6-11-9(8-17)4-5-10(11)12(7-15-2)13(18)16-3/h4,6-7,10-12,17H,5,8H2,1-3H3,(H,16,18). The molecular weight excluding hydrogens is 230 g/mol. The van der Waals surface area contributed by atoms with Crippen molar-refractivity contribution in [3.8, 4) is 0 Å². The molecule has 100 valence electrons. The first kappa shape index (κ1) is 14.6. The third-order valence-electron chi connectivity index (χ3n) is 3.35. The highest BCUT2D eigenvalue weighted by atomic mass is 16.3. The molecule has 0 aromatic carbocycles. The van der Waals surface area contributed by atoms with Crippen LogP contribution in [0.5, 0.6) is 0 Å². The summed E-state index contributed by atoms with van der Waals surface area (Å²) in [5, 5.41) is 12.0. The molecule has 0 fully saturated rings. The molecule has 0 saturated heterocycles. The Morgan fingerprint density at radius 3 is 2.83 bits per heavy atom. The molecule has 18 heavy (non-hydrogen) atoms. The number of aliphatic hydroxyl groups excluding tert-OH is 1. The number of hydrogen-bond acceptors (Lipinski definition) is 4. The number of nitrogens with zero attached hydrogens (tertiary/aromatic N) is 2. The fourth-order valence-corrected chi connectivity index (χ4v) is 2.45. The predicted octanol–water partition coefficient (Wildman–Crippen LogP) is 0.305. The maximum Gasteiger partial charge on any atom is 0.228 e. The Kier molecular flexibility index (Phi) is 5.71. The summed E-state index contributed by atoms with van der Waals surface area (Å²) in [5.74, 6) is -0.240. The normalized spacial score (nSPS) is 25.7. The highest BCUT2D eigenvalue weighted by Crippen LogP contribution is 2.35. The minimum atomic E-state index is -0.289. The van der Waals surface area contributed by atoms with Crippen LogP contribution in [0, 0.1) is 17.8 Å². The Bertz CT molecular complexity index is 374. The number of nitrogens with one attached hydrogen (secondary N) is 1. The number of aliphatic hydroxyl groups is 1. The largest absolute Gasteiger partial charge is 0.392 e. The van der Waals surface area contributed by atoms with E-state index < -0.39 is 0 Å². The van der Waals surface area contributed by atoms with E-state index in [-0.39, 0.29) is 30.3 Å². The lowest BCUT2D eigenvalue weighted by molar-refractivity contribution is -0.123. The van der Waals surface area contributed by atoms with Crippen molar-refractivity contribution < 1.29 is 9.90 Å². The number of carbonyl (C=O) groups is 1. The number of aliphatic imine (C=N–C) groups is 2. The van der Waals surface area contributed by atoms with Crippen molar-refractivity contribution in [1.82, 2.24) is 5.32 Å². The van der Waals surface area contributed by atoms with E-state index in [1.807, 2.05) is 6.08 Å². The first-order valence-corrected chi connectivity index (χ1v) is 6.05. The van der Waals surface area contributed by atoms with Crippen LogP contribution in [0.3, 0.4) is 0 Å². The van der Waals surface area contributed by atoms with Gasteiger partial charge in [-0.3, -0.25) is 4.79 Å². The lowest BCUT2D eigenvalue weighted by Crippen LogP contribution is -2.36. The first-order chi connectivity index (χ1) is 8.69. The van der Waals surface area contributed by atoms with Gasteiger partial charge in [-0.1, -0.05) is 6.08 Å². The second-order valence-electron chi connectivity index (χ2n) is 4.32. The van der Waals surface area contributed by atoms with E-state index in [2.05, 4.69) is 15.3 Å². The van der Waals surface area contributed by atoms with Crippen molar-refractivity contribution in [3.05, 3.63) is 11.6 Å². The minimum absolute atomic E-state index is 0.0108. The molecule has 0 saturated carbocycles. The Labute approximate surface area is 108 Å². The van der Waals surface area contributed by atoms with Crippen LogP contribution < -0.4 is 5.32 Å². The van der Waals surface area contributed by atoms with Crippen LogP contribution in [0.25, 0.3) is 0 Å². The summed E-state index contributed by atoms with van der Waals surface area (Å²) >= 11 is 0. The summed E-state index contributed by atoms with van der Waals surface area (Å²) in [6, 6.07) is 0. The van der Waals surface area contributed by atoms with Crippen molar-refractivity contribution in [1.29, 1.82) is 0 Å². The molecule has 0 heterocycles. The topological polar surface area (TPSA) is 74.0 Å². The quantitative estimate of drug-likeness (QED) is 0.545. The fraction of sp³-hybridized carbons (Fsp3) is 0.615. The molecule has 2 N–H and O–H groups in total. The Morgan fingerprint density at radius 1 is 1.61 bits per heavy atom. The molecule has 1 aliphatic carbocycles. The zero-order valence-electron chi connectivity index (χ0n) is 11.1. The van der Waals surface area contributed by atoms with E-state index in [0.717, 1.165) is 12.0 Å². The summed E-state index contributed by atoms with van der Waals surface area (Å²) in [5.41, 5.74) is 0.934. The van der Waals surface area contributed by atoms with Crippen molar-refractivity contribution in [2.24, 2.45) is 27.7 Å². The second kappa shape index (κ2) is 7.06. The Morgan fingerprint density at radius 2 is 2.33 bits per heavy atom. The Hall–Kier alpha value is -1.49. The SMILES string of the molecule is CN=CC(C(=O)NC)C1CC=C(CO)C1C=NC. The maximum atomic E-state index is 11.9. The molecule has 1 aliphatic rings. The van der Waals surface area contributed by atoms with Crippen LogP contribution >= 0.6 is 0 Å². The fourth-order valence-electron chi connectivity index (χ4n) is 2.45. The zero-order valence-corrected chi connectivity index (χ0v) is 11.1. The van der Waals surface area contributed by atoms with Gasteiger partial charge in [-0.05, 0) is 17.9 Å². The molecule has 5 heteroatoms. The van der Waals surface area contributed by atoms with Gasteiger partial charge in [-0.15, -0.1) is 0 Å². The molecule has 0 radical (unpaired) electrons. The van der Waals surface area contributed by atoms with E-state index >= 15 is 0 Å². The summed E-state index contributed by atoms with van der Waals surface area (Å²) < 4.78 is 0. The monoisotopic (exact) mass is 251 g/mol. The Balaban J connectivity index is 2.95. The van der Waals surface area contributed by atoms with Gasteiger partial charge in [0.05, 0.1) is 12.5 Å². The highest BCUT2D eigenvalue weighted by molar-refractivity contribution is 5.94. The van der Waals surface area contributed by atoms with Gasteiger partial charge in [-0.25, -0.2) is 0 Å². The summed E-state index contributed by atoms with van der Waals surface area (Å²) in [7, 11) is 4.98. The summed E-state index contributed by atoms with van der Waals surface area (Å²) in [6.07, 6.45) is 6.24. The molecule has 0 aromatic heterocycles. The van der Waals surface area contributed by atoms with E-state index in [1.165, 1.54) is 0 Å². The van der Waals surface area contributed by atoms with Gasteiger partial charge in [0, 0.05) is 39.5 Å². The van der Waals surface area contributed by atoms with Gasteiger partial charge in [-0.2, -0.15) is 0 Å². The number of hydrogen-bond donors (Lipinski definition) is 2. The number of amides is 1. The molecule has 3 atom stereocenters. The first-order valence-electron chi connectivity index (χ1n) is 6.05. The van der Waals surface area contributed by atoms with Crippen LogP contribution in [0.4, 0.5) is 0 Å². The third-order valence-corrected chi connectivity index (χ3v) is 3.35. The van der Waals surface area contributed by atoms with Crippen LogP contribution in [-0.4, -0.2) is 51.2 Å². The van der Waals surface area contributed by atoms with E-state index in [4.69, 9.17) is 0 Å². The molecule has 0 bridgehead atoms. The van der Waals surface area contributed by atoms with E-state index in [9.17, 15) is 9.90 Å². The molecule has 5 nitrogen and oxygen atoms in total. The van der Waals surface area contributed by atoms with Gasteiger partial charge < -0.3 is 20.4 Å². The van der Waals surface area contributed by atoms with Gasteiger partial charge in [0.2, 0.25) is 5.91 Å². The molecular formula is C13H21N3O2. The molecule has 0 aromatic rings. The molecule has 1 amide bonds. The number of rotatable bonds is 5. The van der Waals surface area contributed by atoms with Crippen molar-refractivity contribution in [3.63, 3.8) is 0 Å². The van der Waals surface area contributed by atoms with Gasteiger partial charge in [0.15, 0.2) is 0 Å². The predicted molar refractivity (Wildman–Crippen MR) is 73.2 cm³/mol. The van der Waals surface area contributed by atoms with Crippen molar-refractivity contribution in [2.45, 2.75) is 6.42 Å². The average molecular weight is 251 g/mol. The molecule has 0 spiro atoms. The second-order valence-corrected chi connectivity index (χ2v) is 4.32. The number of carbonyl (C=O) groups excluding carboxylic acids is 1. The molecule has 1 rings (SSSR count). The maximum absolute atomic E-state index is 11.9. The van der Waals surface area contributed by atoms with E-state index in [0.29, 0.717) is 0 Å². The van der Waals surface area contributed by atoms with Crippen LogP contribution in [-0.2, 0) is 4.79 Å². The minimum Gasteiger partial charge on any atom is -0.392 e. The van der Waals surface area contributed by atoms with Gasteiger partial charge in [0.25, 0.3) is 0 Å². The van der Waals surface area contributed by atoms with Crippen LogP contribution in [0.2, 0.25) is 0 Å². The summed E-state index contributed by atoms with van der Waals surface area (Å²) in [4.78, 5) is 19.9. The lowest BCUT2D eigenvalue weighted by atomic mass is 9.81. The smallest absolute Gasteiger partial charge is 0.228 e. The van der Waals surface area contributed by atoms with Crippen molar-refractivity contribution >= 4 is 18.3 Å². The molecule has 0 aliphatic heterocycles. The van der Waals surface area contributed by atoms with Crippen LogP contribution in [0.1, 0.15) is 6.42 Å². The average Bonchev–Trinajstić information content (AvgIpc) is 2.78. The summed E-state index contributed by atoms with van der Waals surface area (Å²) in [6.45, 7) is 0.0108. The van der Waals surface area contributed by atoms with Gasteiger partial charge in [0.1, 0.15) is 0 Å².